The summed E-state index contributed by atoms with van der Waals surface area (Å²) in [5.41, 5.74) is 2.54. The molecule has 0 aliphatic carbocycles. The van der Waals surface area contributed by atoms with Crippen LogP contribution in [0.4, 0.5) is 0 Å². The summed E-state index contributed by atoms with van der Waals surface area (Å²) in [5.74, 6) is 0.535. The van der Waals surface area contributed by atoms with Crippen molar-refractivity contribution in [1.29, 1.82) is 0 Å². The number of nitrogens with zero attached hydrogens (tertiary/aromatic N) is 2. The number of hydrogen-bond acceptors (Lipinski definition) is 3. The van der Waals surface area contributed by atoms with Gasteiger partial charge in [0.05, 0.1) is 24.5 Å². The third-order valence-electron chi connectivity index (χ3n) is 3.04. The molecule has 2 aliphatic heterocycles. The largest absolute Gasteiger partial charge is 0.381 e. The normalized spacial score (nSPS) is 26.4. The number of ether oxygens (including phenoxy) is 1. The van der Waals surface area contributed by atoms with Crippen LogP contribution in [0.15, 0.2) is 6.07 Å². The zero-order valence-electron chi connectivity index (χ0n) is 8.20. The lowest BCUT2D eigenvalue weighted by Crippen LogP contribution is -2.28. The van der Waals surface area contributed by atoms with Crippen molar-refractivity contribution in [3.8, 4) is 0 Å². The molecule has 1 atom stereocenters. The number of fused-ring (bicyclic) bond motifs is 1. The lowest BCUT2D eigenvalue weighted by molar-refractivity contribution is 0.193. The van der Waals surface area contributed by atoms with Crippen molar-refractivity contribution >= 4 is 0 Å². The van der Waals surface area contributed by atoms with E-state index in [0.717, 1.165) is 39.3 Å². The first-order valence-corrected chi connectivity index (χ1v) is 5.28. The van der Waals surface area contributed by atoms with Crippen molar-refractivity contribution < 1.29 is 4.74 Å². The van der Waals surface area contributed by atoms with Gasteiger partial charge in [-0.15, -0.1) is 0 Å². The van der Waals surface area contributed by atoms with Gasteiger partial charge in [0.15, 0.2) is 0 Å². The smallest absolute Gasteiger partial charge is 0.0682 e. The maximum atomic E-state index is 5.38. The van der Waals surface area contributed by atoms with Gasteiger partial charge in [-0.25, -0.2) is 0 Å². The summed E-state index contributed by atoms with van der Waals surface area (Å²) < 4.78 is 7.51. The monoisotopic (exact) mass is 193 g/mol. The molecule has 0 radical (unpaired) electrons. The molecule has 3 heterocycles. The summed E-state index contributed by atoms with van der Waals surface area (Å²) in [5, 5.41) is 7.98. The number of rotatable bonds is 1. The van der Waals surface area contributed by atoms with E-state index in [1.807, 2.05) is 0 Å². The second kappa shape index (κ2) is 3.37. The highest BCUT2D eigenvalue weighted by Crippen LogP contribution is 2.25. The second-order valence-electron chi connectivity index (χ2n) is 4.02. The van der Waals surface area contributed by atoms with Crippen molar-refractivity contribution in [3.05, 3.63) is 17.5 Å². The summed E-state index contributed by atoms with van der Waals surface area (Å²) >= 11 is 0. The van der Waals surface area contributed by atoms with Crippen LogP contribution in [-0.4, -0.2) is 29.5 Å². The van der Waals surface area contributed by atoms with Crippen molar-refractivity contribution in [1.82, 2.24) is 15.1 Å². The zero-order chi connectivity index (χ0) is 9.38. The Morgan fingerprint density at radius 1 is 1.57 bits per heavy atom. The van der Waals surface area contributed by atoms with Gasteiger partial charge in [-0.05, 0) is 12.5 Å². The summed E-state index contributed by atoms with van der Waals surface area (Å²) in [4.78, 5) is 0. The fourth-order valence-corrected chi connectivity index (χ4v) is 2.18. The van der Waals surface area contributed by atoms with E-state index in [1.54, 1.807) is 0 Å². The predicted molar refractivity (Wildman–Crippen MR) is 52.1 cm³/mol. The van der Waals surface area contributed by atoms with E-state index in [4.69, 9.17) is 4.74 Å². The third kappa shape index (κ3) is 1.35. The number of hydrogen-bond donors (Lipinski definition) is 1. The van der Waals surface area contributed by atoms with E-state index < -0.39 is 0 Å². The van der Waals surface area contributed by atoms with Gasteiger partial charge in [-0.3, -0.25) is 4.68 Å². The Morgan fingerprint density at radius 2 is 2.57 bits per heavy atom. The fourth-order valence-electron chi connectivity index (χ4n) is 2.18. The Balaban J connectivity index is 1.87. The first-order chi connectivity index (χ1) is 6.93. The molecule has 1 saturated heterocycles. The maximum absolute atomic E-state index is 5.38. The van der Waals surface area contributed by atoms with Crippen LogP contribution in [0.1, 0.15) is 23.7 Å². The Hall–Kier alpha value is -0.870. The van der Waals surface area contributed by atoms with Gasteiger partial charge >= 0.3 is 0 Å². The van der Waals surface area contributed by atoms with Gasteiger partial charge in [0.2, 0.25) is 0 Å². The molecule has 1 N–H and O–H groups in total. The van der Waals surface area contributed by atoms with Gasteiger partial charge in [0.25, 0.3) is 0 Å². The molecule has 0 saturated carbocycles. The molecular formula is C10H15N3O. The van der Waals surface area contributed by atoms with Crippen LogP contribution in [0, 0.1) is 0 Å². The van der Waals surface area contributed by atoms with Crippen molar-refractivity contribution in [2.75, 3.05) is 19.8 Å². The molecule has 1 aromatic heterocycles. The molecule has 0 bridgehead atoms. The van der Waals surface area contributed by atoms with Crippen LogP contribution in [0.3, 0.4) is 0 Å². The van der Waals surface area contributed by atoms with E-state index in [2.05, 4.69) is 21.2 Å². The molecular weight excluding hydrogens is 178 g/mol. The summed E-state index contributed by atoms with van der Waals surface area (Å²) in [6.07, 6.45) is 1.13. The van der Waals surface area contributed by atoms with Gasteiger partial charge in [-0.1, -0.05) is 0 Å². The van der Waals surface area contributed by atoms with Crippen molar-refractivity contribution in [3.63, 3.8) is 0 Å². The summed E-state index contributed by atoms with van der Waals surface area (Å²) in [7, 11) is 0. The van der Waals surface area contributed by atoms with Crippen molar-refractivity contribution in [2.24, 2.45) is 0 Å². The lowest BCUT2D eigenvalue weighted by Gasteiger charge is -2.13. The second-order valence-corrected chi connectivity index (χ2v) is 4.02. The van der Waals surface area contributed by atoms with E-state index in [1.165, 1.54) is 11.4 Å². The molecule has 0 aromatic carbocycles. The first-order valence-electron chi connectivity index (χ1n) is 5.28. The van der Waals surface area contributed by atoms with E-state index >= 15 is 0 Å². The first kappa shape index (κ1) is 8.44. The quantitative estimate of drug-likeness (QED) is 0.705. The van der Waals surface area contributed by atoms with Crippen LogP contribution >= 0.6 is 0 Å². The van der Waals surface area contributed by atoms with Gasteiger partial charge in [-0.2, -0.15) is 5.10 Å². The molecule has 1 unspecified atom stereocenters. The maximum Gasteiger partial charge on any atom is 0.0682 e. The van der Waals surface area contributed by atoms with E-state index in [-0.39, 0.29) is 0 Å². The fraction of sp³-hybridized carbons (Fsp3) is 0.700. The predicted octanol–water partition coefficient (Wildman–Crippen LogP) is 0.490. The molecule has 3 rings (SSSR count). The third-order valence-corrected chi connectivity index (χ3v) is 3.04. The molecule has 14 heavy (non-hydrogen) atoms. The molecule has 4 heteroatoms. The lowest BCUT2D eigenvalue weighted by atomic mass is 10.1. The van der Waals surface area contributed by atoms with Gasteiger partial charge in [0, 0.05) is 25.6 Å². The SMILES string of the molecule is c1c(C2CCOC2)nn2c1CNCC2. The molecule has 1 aromatic rings. The molecule has 76 valence electrons. The minimum atomic E-state index is 0.535. The molecule has 0 spiro atoms. The van der Waals surface area contributed by atoms with E-state index in [0.29, 0.717) is 5.92 Å². The highest BCUT2D eigenvalue weighted by Gasteiger charge is 2.22. The molecule has 4 nitrogen and oxygen atoms in total. The van der Waals surface area contributed by atoms with Crippen LogP contribution in [0.25, 0.3) is 0 Å². The Bertz CT molecular complexity index is 305. The summed E-state index contributed by atoms with van der Waals surface area (Å²) in [6.45, 7) is 4.74. The van der Waals surface area contributed by atoms with Crippen LogP contribution < -0.4 is 5.32 Å². The highest BCUT2D eigenvalue weighted by molar-refractivity contribution is 5.16. The standard InChI is InChI=1S/C10H15N3O/c1-4-14-7-8(1)10-5-9-6-11-2-3-13(9)12-10/h5,8,11H,1-4,6-7H2. The number of aromatic nitrogens is 2. The minimum absolute atomic E-state index is 0.535. The molecule has 2 aliphatic rings. The van der Waals surface area contributed by atoms with Gasteiger partial charge < -0.3 is 10.1 Å². The molecule has 1 fully saturated rings. The minimum Gasteiger partial charge on any atom is -0.381 e. The van der Waals surface area contributed by atoms with Crippen molar-refractivity contribution in [2.45, 2.75) is 25.4 Å². The summed E-state index contributed by atoms with van der Waals surface area (Å²) in [6, 6.07) is 2.23. The van der Waals surface area contributed by atoms with Gasteiger partial charge in [0.1, 0.15) is 0 Å². The number of nitrogens with one attached hydrogen (secondary N) is 1. The zero-order valence-corrected chi connectivity index (χ0v) is 8.20. The average molecular weight is 193 g/mol. The van der Waals surface area contributed by atoms with Crippen LogP contribution in [0.2, 0.25) is 0 Å². The highest BCUT2D eigenvalue weighted by atomic mass is 16.5. The Labute approximate surface area is 83.2 Å². The Kier molecular flexibility index (Phi) is 2.03. The average Bonchev–Trinajstić information content (AvgIpc) is 2.86. The molecule has 0 amide bonds. The van der Waals surface area contributed by atoms with E-state index in [9.17, 15) is 0 Å². The Morgan fingerprint density at radius 3 is 3.36 bits per heavy atom. The van der Waals surface area contributed by atoms with Crippen LogP contribution in [0.5, 0.6) is 0 Å². The topological polar surface area (TPSA) is 39.1 Å². The van der Waals surface area contributed by atoms with Crippen LogP contribution in [-0.2, 0) is 17.8 Å².